The summed E-state index contributed by atoms with van der Waals surface area (Å²) in [5.74, 6) is -0.309. The second-order valence-corrected chi connectivity index (χ2v) is 6.33. The van der Waals surface area contributed by atoms with E-state index in [9.17, 15) is 9.90 Å². The maximum atomic E-state index is 11.4. The van der Waals surface area contributed by atoms with Gasteiger partial charge in [0.2, 0.25) is 11.7 Å². The van der Waals surface area contributed by atoms with E-state index in [1.807, 2.05) is 6.92 Å². The Bertz CT molecular complexity index is 508. The molecular formula is C15H22N2O4. The predicted octanol–water partition coefficient (Wildman–Crippen LogP) is 2.84. The number of hydrogen-bond acceptors (Lipinski definition) is 5. The Kier molecular flexibility index (Phi) is 3.97. The fourth-order valence-corrected chi connectivity index (χ4v) is 3.43. The van der Waals surface area contributed by atoms with Crippen molar-refractivity contribution >= 4 is 5.97 Å². The van der Waals surface area contributed by atoms with E-state index >= 15 is 0 Å². The van der Waals surface area contributed by atoms with Crippen molar-refractivity contribution < 1.29 is 19.2 Å². The van der Waals surface area contributed by atoms with E-state index in [-0.39, 0.29) is 5.92 Å². The van der Waals surface area contributed by atoms with E-state index in [0.717, 1.165) is 38.5 Å². The van der Waals surface area contributed by atoms with E-state index < -0.39 is 17.5 Å². The quantitative estimate of drug-likeness (QED) is 0.922. The highest BCUT2D eigenvalue weighted by Gasteiger charge is 2.39. The van der Waals surface area contributed by atoms with Crippen LogP contribution in [0, 0.1) is 5.92 Å². The molecule has 3 unspecified atom stereocenters. The first-order valence-corrected chi connectivity index (χ1v) is 7.81. The van der Waals surface area contributed by atoms with Gasteiger partial charge in [0.15, 0.2) is 0 Å². The zero-order valence-corrected chi connectivity index (χ0v) is 12.4. The molecule has 3 atom stereocenters. The molecular weight excluding hydrogens is 272 g/mol. The molecule has 2 fully saturated rings. The first-order valence-electron chi connectivity index (χ1n) is 7.81. The van der Waals surface area contributed by atoms with Gasteiger partial charge in [0.25, 0.3) is 0 Å². The molecule has 2 aliphatic rings. The summed E-state index contributed by atoms with van der Waals surface area (Å²) < 4.78 is 11.2. The van der Waals surface area contributed by atoms with Crippen LogP contribution in [-0.2, 0) is 15.1 Å². The molecule has 1 aromatic rings. The molecule has 1 N–H and O–H groups in total. The number of nitrogens with zero attached hydrogens (tertiary/aromatic N) is 2. The summed E-state index contributed by atoms with van der Waals surface area (Å²) in [5.41, 5.74) is -0.493. The number of aromatic nitrogens is 2. The van der Waals surface area contributed by atoms with Gasteiger partial charge in [-0.3, -0.25) is 4.79 Å². The number of carboxylic acids is 1. The Morgan fingerprint density at radius 1 is 1.29 bits per heavy atom. The molecule has 0 aromatic carbocycles. The third-order valence-corrected chi connectivity index (χ3v) is 4.78. The fourth-order valence-electron chi connectivity index (χ4n) is 3.43. The molecule has 1 saturated carbocycles. The Balaban J connectivity index is 1.81. The lowest BCUT2D eigenvalue weighted by molar-refractivity contribution is -0.143. The molecule has 0 radical (unpaired) electrons. The minimum Gasteiger partial charge on any atom is -0.481 e. The normalized spacial score (nSPS) is 33.8. The Morgan fingerprint density at radius 2 is 2.10 bits per heavy atom. The lowest BCUT2D eigenvalue weighted by Gasteiger charge is -2.30. The maximum absolute atomic E-state index is 11.4. The van der Waals surface area contributed by atoms with Gasteiger partial charge in [-0.25, -0.2) is 0 Å². The van der Waals surface area contributed by atoms with Crippen molar-refractivity contribution in [3.8, 4) is 0 Å². The van der Waals surface area contributed by atoms with Gasteiger partial charge in [0, 0.05) is 6.61 Å². The Labute approximate surface area is 123 Å². The van der Waals surface area contributed by atoms with Gasteiger partial charge < -0.3 is 14.4 Å². The first kappa shape index (κ1) is 14.5. The third-order valence-electron chi connectivity index (χ3n) is 4.78. The van der Waals surface area contributed by atoms with Crippen LogP contribution in [0.15, 0.2) is 4.52 Å². The van der Waals surface area contributed by atoms with Gasteiger partial charge in [-0.1, -0.05) is 18.0 Å². The maximum Gasteiger partial charge on any atom is 0.307 e. The van der Waals surface area contributed by atoms with E-state index in [1.165, 1.54) is 0 Å². The summed E-state index contributed by atoms with van der Waals surface area (Å²) in [7, 11) is 0. The molecule has 1 aromatic heterocycles. The molecule has 2 heterocycles. The summed E-state index contributed by atoms with van der Waals surface area (Å²) >= 11 is 0. The number of hydrogen-bond donors (Lipinski definition) is 1. The summed E-state index contributed by atoms with van der Waals surface area (Å²) in [4.78, 5) is 15.9. The van der Waals surface area contributed by atoms with Crippen LogP contribution in [-0.4, -0.2) is 27.8 Å². The number of aliphatic carboxylic acids is 1. The molecule has 1 aliphatic carbocycles. The van der Waals surface area contributed by atoms with E-state index in [1.54, 1.807) is 0 Å². The lowest BCUT2D eigenvalue weighted by Crippen LogP contribution is -2.31. The zero-order valence-electron chi connectivity index (χ0n) is 12.4. The number of rotatable bonds is 3. The molecule has 1 aliphatic heterocycles. The molecule has 3 rings (SSSR count). The summed E-state index contributed by atoms with van der Waals surface area (Å²) in [6.45, 7) is 2.69. The van der Waals surface area contributed by atoms with Crippen molar-refractivity contribution in [3.05, 3.63) is 11.7 Å². The number of ether oxygens (including phenoxy) is 1. The van der Waals surface area contributed by atoms with Crippen LogP contribution in [0.1, 0.15) is 69.5 Å². The molecule has 1 saturated heterocycles. The van der Waals surface area contributed by atoms with E-state index in [4.69, 9.17) is 9.26 Å². The van der Waals surface area contributed by atoms with Crippen molar-refractivity contribution in [2.45, 2.75) is 63.4 Å². The van der Waals surface area contributed by atoms with Gasteiger partial charge in [-0.2, -0.15) is 4.98 Å². The van der Waals surface area contributed by atoms with Crippen LogP contribution in [0.25, 0.3) is 0 Å². The summed E-state index contributed by atoms with van der Waals surface area (Å²) in [5, 5.41) is 13.4. The average Bonchev–Trinajstić information content (AvgIpc) is 2.98. The highest BCUT2D eigenvalue weighted by Crippen LogP contribution is 2.39. The van der Waals surface area contributed by atoms with Crippen LogP contribution in [0.2, 0.25) is 0 Å². The van der Waals surface area contributed by atoms with Gasteiger partial charge in [0.05, 0.1) is 11.8 Å². The van der Waals surface area contributed by atoms with Gasteiger partial charge >= 0.3 is 5.97 Å². The van der Waals surface area contributed by atoms with E-state index in [2.05, 4.69) is 10.1 Å². The standard InChI is InChI=1S/C15H22N2O4/c1-15(8-4-5-9-20-15)14-16-12(21-17-14)10-6-2-3-7-11(10)13(18)19/h10-11H,2-9H2,1H3,(H,18,19). The van der Waals surface area contributed by atoms with Crippen molar-refractivity contribution in [1.29, 1.82) is 0 Å². The van der Waals surface area contributed by atoms with Crippen molar-refractivity contribution in [3.63, 3.8) is 0 Å². The zero-order chi connectivity index (χ0) is 14.9. The van der Waals surface area contributed by atoms with Crippen LogP contribution >= 0.6 is 0 Å². The molecule has 0 amide bonds. The van der Waals surface area contributed by atoms with Crippen molar-refractivity contribution in [2.24, 2.45) is 5.92 Å². The minimum absolute atomic E-state index is 0.162. The van der Waals surface area contributed by atoms with Gasteiger partial charge in [-0.05, 0) is 39.0 Å². The molecule has 0 spiro atoms. The SMILES string of the molecule is CC1(c2noc(C3CCCCC3C(=O)O)n2)CCCCO1. The van der Waals surface area contributed by atoms with Gasteiger partial charge in [0.1, 0.15) is 5.60 Å². The molecule has 6 nitrogen and oxygen atoms in total. The molecule has 116 valence electrons. The predicted molar refractivity (Wildman–Crippen MR) is 73.8 cm³/mol. The largest absolute Gasteiger partial charge is 0.481 e. The summed E-state index contributed by atoms with van der Waals surface area (Å²) in [6, 6.07) is 0. The molecule has 0 bridgehead atoms. The van der Waals surface area contributed by atoms with E-state index in [0.29, 0.717) is 24.7 Å². The number of carboxylic acid groups (broad SMARTS) is 1. The van der Waals surface area contributed by atoms with Crippen molar-refractivity contribution in [1.82, 2.24) is 10.1 Å². The second kappa shape index (κ2) is 5.75. The second-order valence-electron chi connectivity index (χ2n) is 6.33. The Hall–Kier alpha value is -1.43. The van der Waals surface area contributed by atoms with Crippen molar-refractivity contribution in [2.75, 3.05) is 6.61 Å². The highest BCUT2D eigenvalue weighted by atomic mass is 16.5. The number of carbonyl (C=O) groups is 1. The molecule has 6 heteroatoms. The van der Waals surface area contributed by atoms with Gasteiger partial charge in [-0.15, -0.1) is 0 Å². The highest BCUT2D eigenvalue weighted by molar-refractivity contribution is 5.71. The third kappa shape index (κ3) is 2.81. The summed E-state index contributed by atoms with van der Waals surface area (Å²) in [6.07, 6.45) is 6.47. The minimum atomic E-state index is -0.764. The Morgan fingerprint density at radius 3 is 2.81 bits per heavy atom. The monoisotopic (exact) mass is 294 g/mol. The average molecular weight is 294 g/mol. The van der Waals surface area contributed by atoms with Crippen LogP contribution in [0.3, 0.4) is 0 Å². The van der Waals surface area contributed by atoms with Crippen LogP contribution < -0.4 is 0 Å². The topological polar surface area (TPSA) is 85.5 Å². The van der Waals surface area contributed by atoms with Crippen LogP contribution in [0.5, 0.6) is 0 Å². The smallest absolute Gasteiger partial charge is 0.307 e. The fraction of sp³-hybridized carbons (Fsp3) is 0.800. The van der Waals surface area contributed by atoms with Crippen LogP contribution in [0.4, 0.5) is 0 Å². The first-order chi connectivity index (χ1) is 10.1. The lowest BCUT2D eigenvalue weighted by atomic mass is 9.79. The molecule has 21 heavy (non-hydrogen) atoms.